The van der Waals surface area contributed by atoms with Crippen molar-refractivity contribution in [3.05, 3.63) is 126 Å². The van der Waals surface area contributed by atoms with Crippen LogP contribution in [-0.4, -0.2) is 80.9 Å². The molecule has 2 bridgehead atoms. The predicted molar refractivity (Wildman–Crippen MR) is 194 cm³/mol. The zero-order chi connectivity index (χ0) is 34.9. The van der Waals surface area contributed by atoms with Crippen molar-refractivity contribution in [2.24, 2.45) is 11.8 Å². The van der Waals surface area contributed by atoms with Gasteiger partial charge in [-0.2, -0.15) is 0 Å². The Labute approximate surface area is 301 Å². The van der Waals surface area contributed by atoms with Crippen molar-refractivity contribution in [1.82, 2.24) is 9.80 Å². The van der Waals surface area contributed by atoms with Gasteiger partial charge in [-0.15, -0.1) is 13.2 Å². The van der Waals surface area contributed by atoms with Crippen LogP contribution in [0.4, 0.5) is 5.69 Å². The highest BCUT2D eigenvalue weighted by molar-refractivity contribution is 9.09. The maximum Gasteiger partial charge on any atom is 0.253 e. The summed E-state index contributed by atoms with van der Waals surface area (Å²) >= 11 is 10.5. The number of hydrogen-bond donors (Lipinski definition) is 1. The first-order chi connectivity index (χ1) is 23.7. The van der Waals surface area contributed by atoms with Gasteiger partial charge in [0.2, 0.25) is 11.8 Å². The Morgan fingerprint density at radius 2 is 1.67 bits per heavy atom. The molecule has 6 rings (SSSR count). The third kappa shape index (κ3) is 6.27. The van der Waals surface area contributed by atoms with Gasteiger partial charge in [-0.25, -0.2) is 0 Å². The molecule has 3 fully saturated rings. The third-order valence-corrected chi connectivity index (χ3v) is 11.2. The summed E-state index contributed by atoms with van der Waals surface area (Å²) in [6.07, 6.45) is 3.29. The number of likely N-dealkylation sites (tertiary alicyclic amines) is 1. The number of hydrogen-bond acceptors (Lipinski definition) is 5. The van der Waals surface area contributed by atoms with E-state index in [-0.39, 0.29) is 29.7 Å². The van der Waals surface area contributed by atoms with Crippen LogP contribution in [0.3, 0.4) is 0 Å². The standard InChI is InChI=1S/C39H41BrClN3O5/c1-4-19-42(23-27-16-10-7-11-17-27)36(46)31-32-37(47)44(28(24-45)21-26-14-8-6-9-15-26)35(39(32)22-29(40)34(31)49-39)38(48)43(20-5-2)33-25(3)13-12-18-30(33)41/h4-18,28-29,31-32,34-35,45H,1-2,19-24H2,3H3/t28-,29?,31+,32+,34+,35?,39?/m1/s1. The normalized spacial score (nSPS) is 25.9. The summed E-state index contributed by atoms with van der Waals surface area (Å²) in [7, 11) is 0. The second-order valence-corrected chi connectivity index (χ2v) is 14.7. The average Bonchev–Trinajstić information content (AvgIpc) is 3.70. The molecule has 0 aromatic heterocycles. The van der Waals surface area contributed by atoms with Gasteiger partial charge in [0.1, 0.15) is 11.6 Å². The van der Waals surface area contributed by atoms with Gasteiger partial charge < -0.3 is 24.5 Å². The Morgan fingerprint density at radius 1 is 1.02 bits per heavy atom. The SMILES string of the molecule is C=CCN(Cc1ccccc1)C(=O)[C@H]1[C@H]2C(=O)N([C@@H](CO)Cc3ccccc3)C(C(=O)N(CC=C)c3c(C)cccc3Cl)C23CC(Br)[C@@H]1O3. The molecule has 0 aliphatic carbocycles. The van der Waals surface area contributed by atoms with E-state index in [4.69, 9.17) is 16.3 Å². The number of amides is 3. The zero-order valence-corrected chi connectivity index (χ0v) is 29.8. The lowest BCUT2D eigenvalue weighted by Gasteiger charge is -2.40. The number of anilines is 1. The smallest absolute Gasteiger partial charge is 0.253 e. The first kappa shape index (κ1) is 35.1. The van der Waals surface area contributed by atoms with Crippen LogP contribution in [0.15, 0.2) is 104 Å². The molecule has 10 heteroatoms. The third-order valence-electron chi connectivity index (χ3n) is 10.1. The number of aliphatic hydroxyl groups excluding tert-OH is 1. The van der Waals surface area contributed by atoms with Crippen LogP contribution in [0.2, 0.25) is 5.02 Å². The van der Waals surface area contributed by atoms with Crippen LogP contribution < -0.4 is 4.90 Å². The Balaban J connectivity index is 1.47. The van der Waals surface area contributed by atoms with Crippen LogP contribution >= 0.6 is 27.5 Å². The molecule has 256 valence electrons. The number of alkyl halides is 1. The number of benzene rings is 3. The first-order valence-corrected chi connectivity index (χ1v) is 17.9. The van der Waals surface area contributed by atoms with Gasteiger partial charge in [0.05, 0.1) is 41.3 Å². The molecule has 1 spiro atoms. The van der Waals surface area contributed by atoms with E-state index >= 15 is 4.79 Å². The lowest BCUT2D eigenvalue weighted by atomic mass is 9.70. The van der Waals surface area contributed by atoms with Gasteiger partial charge in [-0.05, 0) is 42.5 Å². The van der Waals surface area contributed by atoms with Crippen molar-refractivity contribution in [2.75, 3.05) is 24.6 Å². The molecule has 3 aromatic carbocycles. The molecule has 3 amide bonds. The number of aliphatic hydroxyl groups is 1. The van der Waals surface area contributed by atoms with Crippen molar-refractivity contribution >= 4 is 50.9 Å². The van der Waals surface area contributed by atoms with Gasteiger partial charge in [0.25, 0.3) is 5.91 Å². The monoisotopic (exact) mass is 745 g/mol. The summed E-state index contributed by atoms with van der Waals surface area (Å²) in [6.45, 7) is 10.0. The number of nitrogens with zero attached hydrogens (tertiary/aromatic N) is 3. The summed E-state index contributed by atoms with van der Waals surface area (Å²) in [5.74, 6) is -2.82. The Kier molecular flexibility index (Phi) is 10.5. The number of para-hydroxylation sites is 1. The van der Waals surface area contributed by atoms with Crippen LogP contribution in [0.5, 0.6) is 0 Å². The summed E-state index contributed by atoms with van der Waals surface area (Å²) in [5, 5.41) is 11.3. The van der Waals surface area contributed by atoms with Crippen molar-refractivity contribution in [2.45, 2.75) is 54.9 Å². The zero-order valence-electron chi connectivity index (χ0n) is 27.5. The second kappa shape index (κ2) is 14.6. The summed E-state index contributed by atoms with van der Waals surface area (Å²) < 4.78 is 6.84. The molecule has 3 aromatic rings. The molecule has 3 saturated heterocycles. The number of ether oxygens (including phenoxy) is 1. The Hall–Kier alpha value is -3.76. The minimum atomic E-state index is -1.33. The minimum absolute atomic E-state index is 0.124. The lowest BCUT2D eigenvalue weighted by Crippen LogP contribution is -2.59. The number of halogens is 2. The maximum atomic E-state index is 15.2. The summed E-state index contributed by atoms with van der Waals surface area (Å²) in [6, 6.07) is 22.7. The van der Waals surface area contributed by atoms with E-state index in [1.54, 1.807) is 28.0 Å². The molecule has 1 N–H and O–H groups in total. The van der Waals surface area contributed by atoms with E-state index in [1.165, 1.54) is 4.90 Å². The summed E-state index contributed by atoms with van der Waals surface area (Å²) in [5.41, 5.74) is 1.80. The molecule has 3 heterocycles. The number of fused-ring (bicyclic) bond motifs is 1. The molecule has 8 nitrogen and oxygen atoms in total. The largest absolute Gasteiger partial charge is 0.394 e. The van der Waals surface area contributed by atoms with E-state index in [2.05, 4.69) is 29.1 Å². The summed E-state index contributed by atoms with van der Waals surface area (Å²) in [4.78, 5) is 49.3. The quantitative estimate of drug-likeness (QED) is 0.178. The van der Waals surface area contributed by atoms with E-state index < -0.39 is 48.1 Å². The van der Waals surface area contributed by atoms with Crippen LogP contribution in [0, 0.1) is 18.8 Å². The molecule has 3 aliphatic heterocycles. The molecular weight excluding hydrogens is 706 g/mol. The molecule has 0 radical (unpaired) electrons. The topological polar surface area (TPSA) is 90.4 Å². The Morgan fingerprint density at radius 3 is 2.29 bits per heavy atom. The van der Waals surface area contributed by atoms with E-state index in [1.807, 2.05) is 79.7 Å². The molecular formula is C39H41BrClN3O5. The molecule has 49 heavy (non-hydrogen) atoms. The minimum Gasteiger partial charge on any atom is -0.394 e. The van der Waals surface area contributed by atoms with Crippen LogP contribution in [0.25, 0.3) is 0 Å². The van der Waals surface area contributed by atoms with E-state index in [9.17, 15) is 14.7 Å². The van der Waals surface area contributed by atoms with Crippen molar-refractivity contribution in [3.8, 4) is 0 Å². The van der Waals surface area contributed by atoms with Crippen molar-refractivity contribution in [3.63, 3.8) is 0 Å². The number of rotatable bonds is 13. The number of carbonyl (C=O) groups is 3. The highest BCUT2D eigenvalue weighted by atomic mass is 79.9. The van der Waals surface area contributed by atoms with E-state index in [0.29, 0.717) is 30.1 Å². The predicted octanol–water partition coefficient (Wildman–Crippen LogP) is 5.73. The lowest BCUT2D eigenvalue weighted by molar-refractivity contribution is -0.147. The van der Waals surface area contributed by atoms with Crippen molar-refractivity contribution in [1.29, 1.82) is 0 Å². The molecule has 3 unspecified atom stereocenters. The number of carbonyl (C=O) groups excluding carboxylic acids is 3. The van der Waals surface area contributed by atoms with Gasteiger partial charge in [0.15, 0.2) is 0 Å². The van der Waals surface area contributed by atoms with Crippen molar-refractivity contribution < 1.29 is 24.2 Å². The molecule has 3 aliphatic rings. The van der Waals surface area contributed by atoms with Crippen LogP contribution in [0.1, 0.15) is 23.1 Å². The van der Waals surface area contributed by atoms with Gasteiger partial charge in [-0.1, -0.05) is 112 Å². The maximum absolute atomic E-state index is 15.2. The van der Waals surface area contributed by atoms with E-state index in [0.717, 1.165) is 16.7 Å². The van der Waals surface area contributed by atoms with Gasteiger partial charge in [-0.3, -0.25) is 14.4 Å². The number of aryl methyl sites for hydroxylation is 1. The second-order valence-electron chi connectivity index (χ2n) is 13.1. The van der Waals surface area contributed by atoms with Crippen LogP contribution in [-0.2, 0) is 32.1 Å². The molecule has 7 atom stereocenters. The van der Waals surface area contributed by atoms with Gasteiger partial charge >= 0.3 is 0 Å². The fourth-order valence-corrected chi connectivity index (χ4v) is 9.36. The fourth-order valence-electron chi connectivity index (χ4n) is 8.10. The first-order valence-electron chi connectivity index (χ1n) is 16.6. The highest BCUT2D eigenvalue weighted by Gasteiger charge is 2.77. The Bertz CT molecular complexity index is 1700. The van der Waals surface area contributed by atoms with Gasteiger partial charge in [0, 0.05) is 24.5 Å². The highest BCUT2D eigenvalue weighted by Crippen LogP contribution is 2.61. The fraction of sp³-hybridized carbons (Fsp3) is 0.359. The molecule has 0 saturated carbocycles. The average molecular weight is 747 g/mol.